The molecule has 0 saturated heterocycles. The van der Waals surface area contributed by atoms with Crippen molar-refractivity contribution in [1.82, 2.24) is 0 Å². The number of rotatable bonds is 4. The summed E-state index contributed by atoms with van der Waals surface area (Å²) in [7, 11) is 7.41. The third-order valence-corrected chi connectivity index (χ3v) is 18.7. The zero-order chi connectivity index (χ0) is 24.2. The molecule has 0 N–H and O–H groups in total. The van der Waals surface area contributed by atoms with Crippen LogP contribution in [0.1, 0.15) is 40.5 Å². The van der Waals surface area contributed by atoms with Crippen molar-refractivity contribution in [1.29, 1.82) is 0 Å². The fourth-order valence-corrected chi connectivity index (χ4v) is 15.4. The Kier molecular flexibility index (Phi) is 12.5. The zero-order valence-corrected chi connectivity index (χ0v) is 31.4. The summed E-state index contributed by atoms with van der Waals surface area (Å²) in [5.74, 6) is 5.15. The molecular formula is C27H50Cl2S2Si2Zr. The molecule has 34 heavy (non-hydrogen) atoms. The SMILES string of the molecule is CC1CC(C)C(C(C)(C)C2C3SC([Si](C)(C)C)=CC3C3C=C([Si](C)(C)C)SC32)C1.[CH3-].[CH3-].[Cl][Zr+2][Cl]. The molecule has 0 spiro atoms. The van der Waals surface area contributed by atoms with Crippen molar-refractivity contribution in [2.75, 3.05) is 0 Å². The Balaban J connectivity index is 0.00000110. The van der Waals surface area contributed by atoms with E-state index < -0.39 is 37.0 Å². The first-order valence-electron chi connectivity index (χ1n) is 12.4. The van der Waals surface area contributed by atoms with E-state index in [4.69, 9.17) is 17.0 Å². The van der Waals surface area contributed by atoms with Crippen LogP contribution in [0.4, 0.5) is 0 Å². The summed E-state index contributed by atoms with van der Waals surface area (Å²) in [5.41, 5.74) is 0.442. The predicted molar refractivity (Wildman–Crippen MR) is 165 cm³/mol. The first-order valence-corrected chi connectivity index (χ1v) is 27.5. The summed E-state index contributed by atoms with van der Waals surface area (Å²) in [6, 6.07) is 0. The van der Waals surface area contributed by atoms with Gasteiger partial charge in [0.25, 0.3) is 0 Å². The molecule has 4 rings (SSSR count). The van der Waals surface area contributed by atoms with E-state index in [-0.39, 0.29) is 14.9 Å². The molecule has 7 heteroatoms. The van der Waals surface area contributed by atoms with E-state index in [0.717, 1.165) is 46.0 Å². The van der Waals surface area contributed by atoms with Crippen LogP contribution in [0.25, 0.3) is 0 Å². The number of hydrogen-bond acceptors (Lipinski definition) is 2. The van der Waals surface area contributed by atoms with Crippen LogP contribution in [0.5, 0.6) is 0 Å². The van der Waals surface area contributed by atoms with E-state index in [1.807, 2.05) is 0 Å². The zero-order valence-electron chi connectivity index (χ0n) is 23.8. The van der Waals surface area contributed by atoms with Crippen LogP contribution in [-0.2, 0) is 20.8 Å². The molecule has 7 unspecified atom stereocenters. The van der Waals surface area contributed by atoms with Crippen LogP contribution in [0.2, 0.25) is 39.3 Å². The van der Waals surface area contributed by atoms with Gasteiger partial charge in [0.15, 0.2) is 0 Å². The van der Waals surface area contributed by atoms with Crippen LogP contribution in [0, 0.1) is 55.8 Å². The Morgan fingerprint density at radius 1 is 0.824 bits per heavy atom. The second-order valence-corrected chi connectivity index (χ2v) is 30.4. The van der Waals surface area contributed by atoms with Crippen molar-refractivity contribution in [3.05, 3.63) is 36.1 Å². The van der Waals surface area contributed by atoms with Gasteiger partial charge < -0.3 is 14.9 Å². The molecule has 2 aliphatic carbocycles. The van der Waals surface area contributed by atoms with Gasteiger partial charge >= 0.3 is 37.9 Å². The van der Waals surface area contributed by atoms with E-state index in [2.05, 4.69) is 103 Å². The van der Waals surface area contributed by atoms with Crippen molar-refractivity contribution in [2.24, 2.45) is 40.9 Å². The van der Waals surface area contributed by atoms with Crippen molar-refractivity contribution < 1.29 is 20.8 Å². The molecule has 7 atom stereocenters. The molecule has 0 aromatic heterocycles. The van der Waals surface area contributed by atoms with Crippen LogP contribution in [-0.4, -0.2) is 26.6 Å². The molecule has 2 fully saturated rings. The Morgan fingerprint density at radius 3 is 1.50 bits per heavy atom. The Bertz CT molecular complexity index is 713. The monoisotopic (exact) mass is 654 g/mol. The van der Waals surface area contributed by atoms with E-state index in [0.29, 0.717) is 5.41 Å². The van der Waals surface area contributed by atoms with Crippen LogP contribution < -0.4 is 0 Å². The van der Waals surface area contributed by atoms with Crippen molar-refractivity contribution >= 4 is 56.7 Å². The van der Waals surface area contributed by atoms with Gasteiger partial charge in [-0.05, 0) is 62.8 Å². The van der Waals surface area contributed by atoms with Gasteiger partial charge in [-0.25, -0.2) is 0 Å². The molecule has 2 heterocycles. The first kappa shape index (κ1) is 34.1. The van der Waals surface area contributed by atoms with Gasteiger partial charge in [0.2, 0.25) is 0 Å². The summed E-state index contributed by atoms with van der Waals surface area (Å²) in [4.78, 5) is 0. The minimum atomic E-state index is -1.23. The van der Waals surface area contributed by atoms with Crippen LogP contribution in [0.15, 0.2) is 21.2 Å². The number of allylic oxidation sites excluding steroid dienone is 2. The Hall–Kier alpha value is 2.08. The molecule has 0 aromatic rings. The molecular weight excluding hydrogens is 607 g/mol. The second-order valence-electron chi connectivity index (χ2n) is 13.5. The molecule has 2 saturated carbocycles. The average Bonchev–Trinajstić information content (AvgIpc) is 3.33. The number of halogens is 2. The van der Waals surface area contributed by atoms with E-state index in [1.165, 1.54) is 12.8 Å². The summed E-state index contributed by atoms with van der Waals surface area (Å²) in [6.45, 7) is 25.7. The van der Waals surface area contributed by atoms with Gasteiger partial charge in [-0.1, -0.05) is 79.1 Å². The van der Waals surface area contributed by atoms with Gasteiger partial charge in [0, 0.05) is 10.5 Å². The first-order chi connectivity index (χ1) is 14.6. The normalized spacial score (nSPS) is 36.7. The summed E-state index contributed by atoms with van der Waals surface area (Å²) < 4.78 is 3.61. The van der Waals surface area contributed by atoms with Gasteiger partial charge in [-0.3, -0.25) is 0 Å². The van der Waals surface area contributed by atoms with Gasteiger partial charge in [-0.2, -0.15) is 0 Å². The van der Waals surface area contributed by atoms with Crippen molar-refractivity contribution in [3.63, 3.8) is 0 Å². The molecule has 0 aromatic carbocycles. The predicted octanol–water partition coefficient (Wildman–Crippen LogP) is 10.6. The third-order valence-electron chi connectivity index (χ3n) is 8.54. The van der Waals surface area contributed by atoms with Gasteiger partial charge in [0.1, 0.15) is 0 Å². The molecule has 0 radical (unpaired) electrons. The fourth-order valence-electron chi connectivity index (χ4n) is 7.09. The second kappa shape index (κ2) is 12.5. The summed E-state index contributed by atoms with van der Waals surface area (Å²) in [5, 5.41) is 1.66. The summed E-state index contributed by atoms with van der Waals surface area (Å²) in [6.07, 6.45) is 8.48. The molecule has 0 nitrogen and oxygen atoms in total. The molecule has 196 valence electrons. The van der Waals surface area contributed by atoms with Gasteiger partial charge in [0.05, 0.1) is 16.1 Å². The van der Waals surface area contributed by atoms with Crippen molar-refractivity contribution in [3.8, 4) is 0 Å². The minimum absolute atomic E-state index is 0. The quantitative estimate of drug-likeness (QED) is 0.218. The number of fused-ring (bicyclic) bond motifs is 3. The van der Waals surface area contributed by atoms with Gasteiger partial charge in [-0.15, -0.1) is 23.5 Å². The topological polar surface area (TPSA) is 0 Å². The average molecular weight is 657 g/mol. The molecule has 4 aliphatic rings. The summed E-state index contributed by atoms with van der Waals surface area (Å²) >= 11 is 3.86. The van der Waals surface area contributed by atoms with E-state index in [9.17, 15) is 0 Å². The van der Waals surface area contributed by atoms with Crippen molar-refractivity contribution in [2.45, 2.75) is 90.3 Å². The van der Waals surface area contributed by atoms with E-state index in [1.54, 1.807) is 9.06 Å². The van der Waals surface area contributed by atoms with Crippen LogP contribution in [0.3, 0.4) is 0 Å². The molecule has 0 bridgehead atoms. The third kappa shape index (κ3) is 6.79. The standard InChI is InChI=1S/C25H44S2Si2.2CH3.2ClH.Zr/c1-15-11-16(2)19(12-15)25(3,4)22-23-17(13-20(26-23)28(5,6)7)18-14-21(27-24(18)22)29(8,9)10;;;;;/h13-19,22-24H,11-12H2,1-10H3;2*1H3;2*1H;/q;2*-1;;;+4/p-2. The fraction of sp³-hybridized carbons (Fsp3) is 0.778. The number of hydrogen-bond donors (Lipinski definition) is 0. The maximum absolute atomic E-state index is 4.93. The molecule has 2 aliphatic heterocycles. The Morgan fingerprint density at radius 2 is 1.21 bits per heavy atom. The molecule has 0 amide bonds. The van der Waals surface area contributed by atoms with Crippen LogP contribution >= 0.6 is 40.5 Å². The number of thioether (sulfide) groups is 2. The maximum atomic E-state index is 4.93. The Labute approximate surface area is 242 Å². The van der Waals surface area contributed by atoms with E-state index >= 15 is 0 Å².